The minimum absolute atomic E-state index is 0.0258. The number of nitrogens with zero attached hydrogens (tertiary/aromatic N) is 2. The fourth-order valence-electron chi connectivity index (χ4n) is 3.24. The molecule has 4 nitrogen and oxygen atoms in total. The van der Waals surface area contributed by atoms with E-state index in [0.29, 0.717) is 17.1 Å². The van der Waals surface area contributed by atoms with Crippen LogP contribution >= 0.6 is 11.6 Å². The molecule has 1 unspecified atom stereocenters. The number of piperazine rings is 1. The molecule has 0 bridgehead atoms. The average Bonchev–Trinajstić information content (AvgIpc) is 2.64. The van der Waals surface area contributed by atoms with E-state index >= 15 is 0 Å². The summed E-state index contributed by atoms with van der Waals surface area (Å²) < 4.78 is 13.8. The second-order valence-electron chi connectivity index (χ2n) is 6.59. The zero-order valence-corrected chi connectivity index (χ0v) is 15.5. The number of rotatable bonds is 5. The Labute approximate surface area is 158 Å². The van der Waals surface area contributed by atoms with E-state index in [0.717, 1.165) is 25.2 Å². The van der Waals surface area contributed by atoms with Gasteiger partial charge in [-0.25, -0.2) is 4.39 Å². The molecule has 0 aromatic heterocycles. The van der Waals surface area contributed by atoms with Gasteiger partial charge in [-0.05, 0) is 23.8 Å². The van der Waals surface area contributed by atoms with Crippen LogP contribution in [0.3, 0.4) is 0 Å². The lowest BCUT2D eigenvalue weighted by molar-refractivity contribution is -0.132. The standard InChI is InChI=1S/C20H23ClFN3O/c1-24(13-16-5-2-3-8-18(16)22)20(26)14-25-10-9-23-12-19(25)15-6-4-7-17(21)11-15/h2-8,11,19,23H,9-10,12-14H2,1H3. The molecule has 0 saturated carbocycles. The number of hydrogen-bond donors (Lipinski definition) is 1. The second kappa shape index (κ2) is 8.62. The molecule has 0 aliphatic carbocycles. The third-order valence-electron chi connectivity index (χ3n) is 4.72. The first-order valence-corrected chi connectivity index (χ1v) is 9.10. The SMILES string of the molecule is CN(Cc1ccccc1F)C(=O)CN1CCNCC1c1cccc(Cl)c1. The molecule has 138 valence electrons. The van der Waals surface area contributed by atoms with Gasteiger partial charge in [0.25, 0.3) is 0 Å². The number of carbonyl (C=O) groups is 1. The van der Waals surface area contributed by atoms with Gasteiger partial charge in [0.2, 0.25) is 5.91 Å². The number of benzene rings is 2. The van der Waals surface area contributed by atoms with Crippen LogP contribution in [0.5, 0.6) is 0 Å². The number of nitrogens with one attached hydrogen (secondary N) is 1. The van der Waals surface area contributed by atoms with Gasteiger partial charge in [0.1, 0.15) is 5.82 Å². The molecule has 0 spiro atoms. The van der Waals surface area contributed by atoms with Gasteiger partial charge in [-0.1, -0.05) is 41.9 Å². The van der Waals surface area contributed by atoms with Crippen LogP contribution in [0, 0.1) is 5.82 Å². The first-order chi connectivity index (χ1) is 12.5. The second-order valence-corrected chi connectivity index (χ2v) is 7.02. The summed E-state index contributed by atoms with van der Waals surface area (Å²) >= 11 is 6.12. The first-order valence-electron chi connectivity index (χ1n) is 8.72. The van der Waals surface area contributed by atoms with Crippen LogP contribution in [-0.4, -0.2) is 48.9 Å². The predicted molar refractivity (Wildman–Crippen MR) is 102 cm³/mol. The Bertz CT molecular complexity index is 770. The maximum Gasteiger partial charge on any atom is 0.236 e. The molecule has 1 fully saturated rings. The fourth-order valence-corrected chi connectivity index (χ4v) is 3.44. The highest BCUT2D eigenvalue weighted by Gasteiger charge is 2.26. The molecule has 0 radical (unpaired) electrons. The van der Waals surface area contributed by atoms with Crippen LogP contribution in [0.1, 0.15) is 17.2 Å². The summed E-state index contributed by atoms with van der Waals surface area (Å²) in [4.78, 5) is 16.4. The largest absolute Gasteiger partial charge is 0.340 e. The summed E-state index contributed by atoms with van der Waals surface area (Å²) in [6.07, 6.45) is 0. The van der Waals surface area contributed by atoms with E-state index in [1.807, 2.05) is 24.3 Å². The Morgan fingerprint density at radius 1 is 1.31 bits per heavy atom. The molecule has 26 heavy (non-hydrogen) atoms. The van der Waals surface area contributed by atoms with E-state index in [9.17, 15) is 9.18 Å². The van der Waals surface area contributed by atoms with E-state index in [-0.39, 0.29) is 24.3 Å². The summed E-state index contributed by atoms with van der Waals surface area (Å²) in [5.41, 5.74) is 1.62. The maximum absolute atomic E-state index is 13.8. The van der Waals surface area contributed by atoms with E-state index in [1.54, 1.807) is 30.1 Å². The third kappa shape index (κ3) is 4.61. The minimum Gasteiger partial charge on any atom is -0.340 e. The molecule has 6 heteroatoms. The van der Waals surface area contributed by atoms with E-state index in [1.165, 1.54) is 6.07 Å². The zero-order chi connectivity index (χ0) is 18.5. The zero-order valence-electron chi connectivity index (χ0n) is 14.8. The molecule has 2 aromatic carbocycles. The van der Waals surface area contributed by atoms with Gasteiger partial charge in [-0.2, -0.15) is 0 Å². The summed E-state index contributed by atoms with van der Waals surface area (Å²) in [5, 5.41) is 4.06. The molecule has 1 aliphatic rings. The summed E-state index contributed by atoms with van der Waals surface area (Å²) in [5.74, 6) is -0.312. The van der Waals surface area contributed by atoms with Gasteiger partial charge in [0.15, 0.2) is 0 Å². The van der Waals surface area contributed by atoms with Crippen molar-refractivity contribution in [3.05, 3.63) is 70.5 Å². The van der Waals surface area contributed by atoms with Crippen molar-refractivity contribution in [1.82, 2.24) is 15.1 Å². The van der Waals surface area contributed by atoms with Gasteiger partial charge in [0.05, 0.1) is 6.54 Å². The lowest BCUT2D eigenvalue weighted by atomic mass is 10.0. The Morgan fingerprint density at radius 3 is 2.88 bits per heavy atom. The number of hydrogen-bond acceptors (Lipinski definition) is 3. The van der Waals surface area contributed by atoms with E-state index < -0.39 is 0 Å². The van der Waals surface area contributed by atoms with Crippen molar-refractivity contribution in [2.75, 3.05) is 33.2 Å². The van der Waals surface area contributed by atoms with Crippen LogP contribution in [0.4, 0.5) is 4.39 Å². The lowest BCUT2D eigenvalue weighted by Gasteiger charge is -2.37. The molecule has 1 amide bonds. The monoisotopic (exact) mass is 375 g/mol. The molecule has 1 atom stereocenters. The van der Waals surface area contributed by atoms with E-state index in [2.05, 4.69) is 10.2 Å². The summed E-state index contributed by atoms with van der Waals surface area (Å²) in [6.45, 7) is 2.94. The normalized spacial score (nSPS) is 17.9. The van der Waals surface area contributed by atoms with Gasteiger partial charge in [-0.15, -0.1) is 0 Å². The van der Waals surface area contributed by atoms with Crippen LogP contribution in [0.15, 0.2) is 48.5 Å². The molecule has 1 heterocycles. The van der Waals surface area contributed by atoms with Crippen molar-refractivity contribution in [2.45, 2.75) is 12.6 Å². The number of halogens is 2. The van der Waals surface area contributed by atoms with Gasteiger partial charge >= 0.3 is 0 Å². The van der Waals surface area contributed by atoms with Crippen molar-refractivity contribution in [1.29, 1.82) is 0 Å². The average molecular weight is 376 g/mol. The number of likely N-dealkylation sites (N-methyl/N-ethyl adjacent to an activating group) is 1. The van der Waals surface area contributed by atoms with Crippen molar-refractivity contribution >= 4 is 17.5 Å². The third-order valence-corrected chi connectivity index (χ3v) is 4.95. The Hall–Kier alpha value is -1.95. The Kier molecular flexibility index (Phi) is 6.25. The van der Waals surface area contributed by atoms with Gasteiger partial charge in [-0.3, -0.25) is 9.69 Å². The molecular weight excluding hydrogens is 353 g/mol. The van der Waals surface area contributed by atoms with Gasteiger partial charge in [0, 0.05) is 49.9 Å². The highest BCUT2D eigenvalue weighted by atomic mass is 35.5. The van der Waals surface area contributed by atoms with Crippen molar-refractivity contribution < 1.29 is 9.18 Å². The topological polar surface area (TPSA) is 35.6 Å². The highest BCUT2D eigenvalue weighted by molar-refractivity contribution is 6.30. The Morgan fingerprint density at radius 2 is 2.12 bits per heavy atom. The fraction of sp³-hybridized carbons (Fsp3) is 0.350. The lowest BCUT2D eigenvalue weighted by Crippen LogP contribution is -2.49. The van der Waals surface area contributed by atoms with Crippen molar-refractivity contribution in [3.63, 3.8) is 0 Å². The number of amides is 1. The van der Waals surface area contributed by atoms with Crippen LogP contribution < -0.4 is 5.32 Å². The van der Waals surface area contributed by atoms with Crippen LogP contribution in [0.25, 0.3) is 0 Å². The minimum atomic E-state index is -0.286. The van der Waals surface area contributed by atoms with Crippen molar-refractivity contribution in [2.24, 2.45) is 0 Å². The van der Waals surface area contributed by atoms with Gasteiger partial charge < -0.3 is 10.2 Å². The molecule has 3 rings (SSSR count). The predicted octanol–water partition coefficient (Wildman–Crippen LogP) is 3.08. The highest BCUT2D eigenvalue weighted by Crippen LogP contribution is 2.24. The summed E-state index contributed by atoms with van der Waals surface area (Å²) in [6, 6.07) is 14.4. The molecular formula is C20H23ClFN3O. The molecule has 1 aliphatic heterocycles. The van der Waals surface area contributed by atoms with Crippen LogP contribution in [-0.2, 0) is 11.3 Å². The van der Waals surface area contributed by atoms with Crippen molar-refractivity contribution in [3.8, 4) is 0 Å². The molecule has 1 saturated heterocycles. The quantitative estimate of drug-likeness (QED) is 0.872. The number of carbonyl (C=O) groups excluding carboxylic acids is 1. The molecule has 1 N–H and O–H groups in total. The first kappa shape index (κ1) is 18.8. The maximum atomic E-state index is 13.8. The van der Waals surface area contributed by atoms with E-state index in [4.69, 9.17) is 11.6 Å². The smallest absolute Gasteiger partial charge is 0.236 e. The Balaban J connectivity index is 1.67. The van der Waals surface area contributed by atoms with Crippen LogP contribution in [0.2, 0.25) is 5.02 Å². The summed E-state index contributed by atoms with van der Waals surface area (Å²) in [7, 11) is 1.71. The molecule has 2 aromatic rings.